The van der Waals surface area contributed by atoms with Crippen LogP contribution in [0.15, 0.2) is 29.9 Å². The van der Waals surface area contributed by atoms with E-state index in [9.17, 15) is 0 Å². The van der Waals surface area contributed by atoms with Crippen LogP contribution in [-0.4, -0.2) is 6.61 Å². The van der Waals surface area contributed by atoms with Crippen molar-refractivity contribution in [3.63, 3.8) is 0 Å². The fraction of sp³-hybridized carbons (Fsp3) is 0.522. The smallest absolute Gasteiger partial charge is 0.127 e. The third-order valence-corrected chi connectivity index (χ3v) is 5.39. The Hall–Kier alpha value is -2.01. The minimum Gasteiger partial charge on any atom is -0.489 e. The van der Waals surface area contributed by atoms with Gasteiger partial charge in [-0.25, -0.2) is 0 Å². The fourth-order valence-electron chi connectivity index (χ4n) is 3.49. The van der Waals surface area contributed by atoms with E-state index >= 15 is 0 Å². The first-order valence-electron chi connectivity index (χ1n) is 9.10. The standard InChI is InChI=1S/C23H31NO/c1-16(2)9-13-25-21-15-20-19(14-18(21)17(3)8-12-24)22(4,5)10-11-23(20,6)7/h8-9,14-15H,10-11,13H2,1-7H3/b17-8-. The number of hydrogen-bond donors (Lipinski definition) is 0. The molecule has 1 aromatic carbocycles. The molecule has 1 aromatic rings. The van der Waals surface area contributed by atoms with E-state index in [4.69, 9.17) is 10.00 Å². The quantitative estimate of drug-likeness (QED) is 0.476. The topological polar surface area (TPSA) is 33.0 Å². The van der Waals surface area contributed by atoms with Gasteiger partial charge in [0.25, 0.3) is 0 Å². The highest BCUT2D eigenvalue weighted by Crippen LogP contribution is 2.48. The second-order valence-electron chi connectivity index (χ2n) is 8.71. The van der Waals surface area contributed by atoms with Gasteiger partial charge in [0, 0.05) is 11.6 Å². The first-order chi connectivity index (χ1) is 11.6. The van der Waals surface area contributed by atoms with E-state index in [2.05, 4.69) is 65.8 Å². The SMILES string of the molecule is CC(C)=CCOc1cc2c(cc1/C(C)=C\C#N)C(C)(C)CCC2(C)C. The highest BCUT2D eigenvalue weighted by Gasteiger charge is 2.38. The number of nitriles is 1. The Morgan fingerprint density at radius 1 is 1.08 bits per heavy atom. The number of allylic oxidation sites excluding steroid dienone is 3. The Bertz CT molecular complexity index is 753. The molecule has 0 saturated heterocycles. The summed E-state index contributed by atoms with van der Waals surface area (Å²) in [6.07, 6.45) is 6.04. The van der Waals surface area contributed by atoms with Crippen LogP contribution >= 0.6 is 0 Å². The van der Waals surface area contributed by atoms with Crippen LogP contribution in [0.3, 0.4) is 0 Å². The molecule has 0 bridgehead atoms. The number of hydrogen-bond acceptors (Lipinski definition) is 2. The van der Waals surface area contributed by atoms with Gasteiger partial charge in [0.05, 0.1) is 6.07 Å². The minimum atomic E-state index is 0.144. The monoisotopic (exact) mass is 337 g/mol. The van der Waals surface area contributed by atoms with Gasteiger partial charge in [-0.1, -0.05) is 33.3 Å². The molecule has 1 aliphatic rings. The molecule has 25 heavy (non-hydrogen) atoms. The maximum absolute atomic E-state index is 9.09. The van der Waals surface area contributed by atoms with Gasteiger partial charge in [-0.3, -0.25) is 0 Å². The molecule has 134 valence electrons. The lowest BCUT2D eigenvalue weighted by molar-refractivity contribution is 0.324. The fourth-order valence-corrected chi connectivity index (χ4v) is 3.49. The molecule has 2 heteroatoms. The van der Waals surface area contributed by atoms with Gasteiger partial charge in [-0.15, -0.1) is 0 Å². The Morgan fingerprint density at radius 2 is 1.64 bits per heavy atom. The summed E-state index contributed by atoms with van der Waals surface area (Å²) in [5, 5.41) is 9.09. The number of nitrogens with zero attached hydrogens (tertiary/aromatic N) is 1. The van der Waals surface area contributed by atoms with Crippen molar-refractivity contribution >= 4 is 5.57 Å². The van der Waals surface area contributed by atoms with Crippen LogP contribution in [0.25, 0.3) is 5.57 Å². The molecule has 0 aliphatic heterocycles. The van der Waals surface area contributed by atoms with E-state index in [0.29, 0.717) is 6.61 Å². The zero-order valence-electron chi connectivity index (χ0n) is 16.8. The Labute approximate surface area is 153 Å². The highest BCUT2D eigenvalue weighted by atomic mass is 16.5. The van der Waals surface area contributed by atoms with Crippen molar-refractivity contribution in [2.24, 2.45) is 0 Å². The van der Waals surface area contributed by atoms with Crippen LogP contribution in [0.4, 0.5) is 0 Å². The van der Waals surface area contributed by atoms with E-state index in [1.165, 1.54) is 29.5 Å². The summed E-state index contributed by atoms with van der Waals surface area (Å²) in [6, 6.07) is 6.64. The molecule has 0 unspecified atom stereocenters. The lowest BCUT2D eigenvalue weighted by atomic mass is 9.62. The predicted octanol–water partition coefficient (Wildman–Crippen LogP) is 6.31. The summed E-state index contributed by atoms with van der Waals surface area (Å²) in [6.45, 7) is 16.0. The van der Waals surface area contributed by atoms with Crippen molar-refractivity contribution in [3.8, 4) is 11.8 Å². The zero-order valence-corrected chi connectivity index (χ0v) is 16.8. The van der Waals surface area contributed by atoms with Gasteiger partial charge in [0.2, 0.25) is 0 Å². The molecule has 0 N–H and O–H groups in total. The van der Waals surface area contributed by atoms with Crippen molar-refractivity contribution in [1.82, 2.24) is 0 Å². The van der Waals surface area contributed by atoms with E-state index in [-0.39, 0.29) is 10.8 Å². The third kappa shape index (κ3) is 4.15. The predicted molar refractivity (Wildman–Crippen MR) is 106 cm³/mol. The van der Waals surface area contributed by atoms with E-state index in [1.54, 1.807) is 6.08 Å². The molecule has 1 aliphatic carbocycles. The van der Waals surface area contributed by atoms with Crippen LogP contribution in [-0.2, 0) is 10.8 Å². The number of fused-ring (bicyclic) bond motifs is 1. The van der Waals surface area contributed by atoms with Gasteiger partial charge in [0.15, 0.2) is 0 Å². The van der Waals surface area contributed by atoms with Crippen molar-refractivity contribution < 1.29 is 4.74 Å². The van der Waals surface area contributed by atoms with E-state index < -0.39 is 0 Å². The molecular formula is C23H31NO. The largest absolute Gasteiger partial charge is 0.489 e. The maximum atomic E-state index is 9.09. The van der Waals surface area contributed by atoms with E-state index in [1.807, 2.05) is 6.92 Å². The van der Waals surface area contributed by atoms with Crippen LogP contribution in [0.1, 0.15) is 78.0 Å². The zero-order chi connectivity index (χ0) is 18.8. The van der Waals surface area contributed by atoms with Crippen molar-refractivity contribution in [3.05, 3.63) is 46.5 Å². The average molecular weight is 338 g/mol. The third-order valence-electron chi connectivity index (χ3n) is 5.39. The second kappa shape index (κ2) is 7.08. The normalized spacial score (nSPS) is 18.1. The molecule has 0 amide bonds. The summed E-state index contributed by atoms with van der Waals surface area (Å²) in [7, 11) is 0. The lowest BCUT2D eigenvalue weighted by Crippen LogP contribution is -2.34. The Balaban J connectivity index is 2.63. The summed E-state index contributed by atoms with van der Waals surface area (Å²) in [5.41, 5.74) is 6.29. The average Bonchev–Trinajstić information content (AvgIpc) is 2.51. The molecule has 2 rings (SSSR count). The van der Waals surface area contributed by atoms with E-state index in [0.717, 1.165) is 16.9 Å². The van der Waals surface area contributed by atoms with Crippen LogP contribution in [0.5, 0.6) is 5.75 Å². The highest BCUT2D eigenvalue weighted by molar-refractivity contribution is 5.73. The minimum absolute atomic E-state index is 0.144. The molecule has 0 heterocycles. The molecule has 2 nitrogen and oxygen atoms in total. The van der Waals surface area contributed by atoms with Gasteiger partial charge in [-0.2, -0.15) is 5.26 Å². The summed E-state index contributed by atoms with van der Waals surface area (Å²) in [5.74, 6) is 0.881. The molecule has 0 aromatic heterocycles. The van der Waals surface area contributed by atoms with Crippen molar-refractivity contribution in [1.29, 1.82) is 5.26 Å². The molecular weight excluding hydrogens is 306 g/mol. The van der Waals surface area contributed by atoms with Crippen LogP contribution < -0.4 is 4.74 Å². The summed E-state index contributed by atoms with van der Waals surface area (Å²) >= 11 is 0. The second-order valence-corrected chi connectivity index (χ2v) is 8.71. The molecule has 0 spiro atoms. The Morgan fingerprint density at radius 3 is 2.16 bits per heavy atom. The lowest BCUT2D eigenvalue weighted by Gasteiger charge is -2.42. The molecule has 0 radical (unpaired) electrons. The van der Waals surface area contributed by atoms with Gasteiger partial charge in [0.1, 0.15) is 12.4 Å². The summed E-state index contributed by atoms with van der Waals surface area (Å²) in [4.78, 5) is 0. The van der Waals surface area contributed by atoms with Crippen molar-refractivity contribution in [2.45, 2.75) is 72.1 Å². The maximum Gasteiger partial charge on any atom is 0.127 e. The molecule has 0 fully saturated rings. The van der Waals surface area contributed by atoms with Crippen LogP contribution in [0.2, 0.25) is 0 Å². The number of rotatable bonds is 4. The van der Waals surface area contributed by atoms with Gasteiger partial charge in [-0.05, 0) is 79.4 Å². The number of benzene rings is 1. The van der Waals surface area contributed by atoms with Crippen molar-refractivity contribution in [2.75, 3.05) is 6.61 Å². The molecule has 0 saturated carbocycles. The first kappa shape index (κ1) is 19.3. The summed E-state index contributed by atoms with van der Waals surface area (Å²) < 4.78 is 6.12. The first-order valence-corrected chi connectivity index (χ1v) is 9.10. The molecule has 0 atom stereocenters. The van der Waals surface area contributed by atoms with Gasteiger partial charge >= 0.3 is 0 Å². The number of ether oxygens (including phenoxy) is 1. The van der Waals surface area contributed by atoms with Gasteiger partial charge < -0.3 is 4.74 Å². The van der Waals surface area contributed by atoms with Crippen LogP contribution in [0, 0.1) is 11.3 Å². The Kier molecular flexibility index (Phi) is 5.47.